The first-order chi connectivity index (χ1) is 9.05. The van der Waals surface area contributed by atoms with Crippen molar-refractivity contribution < 1.29 is 4.79 Å². The molecule has 2 unspecified atom stereocenters. The van der Waals surface area contributed by atoms with E-state index in [2.05, 4.69) is 46.4 Å². The minimum atomic E-state index is -0.105. The zero-order chi connectivity index (χ0) is 15.7. The first-order valence-corrected chi connectivity index (χ1v) is 7.39. The topological polar surface area (TPSA) is 20.3 Å². The summed E-state index contributed by atoms with van der Waals surface area (Å²) in [4.78, 5) is 14.8. The Balaban J connectivity index is 2.93. The van der Waals surface area contributed by atoms with Gasteiger partial charge in [-0.15, -0.1) is 0 Å². The molecular formula is C18H29NO. The highest BCUT2D eigenvalue weighted by Gasteiger charge is 2.30. The van der Waals surface area contributed by atoms with Crippen LogP contribution in [-0.2, 0) is 0 Å². The molecule has 0 bridgehead atoms. The zero-order valence-electron chi connectivity index (χ0n) is 14.2. The van der Waals surface area contributed by atoms with Crippen molar-refractivity contribution in [1.29, 1.82) is 0 Å². The van der Waals surface area contributed by atoms with Gasteiger partial charge in [-0.05, 0) is 57.4 Å². The molecule has 0 heterocycles. The molecule has 1 aromatic rings. The fourth-order valence-corrected chi connectivity index (χ4v) is 2.27. The predicted molar refractivity (Wildman–Crippen MR) is 86.4 cm³/mol. The fraction of sp³-hybridized carbons (Fsp3) is 0.611. The van der Waals surface area contributed by atoms with Crippen LogP contribution in [0, 0.1) is 19.3 Å². The number of carbonyl (C=O) groups is 1. The highest BCUT2D eigenvalue weighted by atomic mass is 16.1. The molecule has 2 nitrogen and oxygen atoms in total. The third-order valence-corrected chi connectivity index (χ3v) is 4.65. The Hall–Kier alpha value is -1.15. The van der Waals surface area contributed by atoms with Crippen molar-refractivity contribution in [1.82, 2.24) is 4.90 Å². The largest absolute Gasteiger partial charge is 0.293 e. The molecule has 0 aliphatic heterocycles. The summed E-state index contributed by atoms with van der Waals surface area (Å²) in [7, 11) is 2.04. The van der Waals surface area contributed by atoms with Gasteiger partial charge in [0.1, 0.15) is 0 Å². The van der Waals surface area contributed by atoms with E-state index in [9.17, 15) is 4.79 Å². The molecule has 1 rings (SSSR count). The van der Waals surface area contributed by atoms with E-state index >= 15 is 0 Å². The van der Waals surface area contributed by atoms with Crippen LogP contribution in [0.5, 0.6) is 0 Å². The molecule has 0 radical (unpaired) electrons. The minimum absolute atomic E-state index is 0.105. The van der Waals surface area contributed by atoms with E-state index in [0.29, 0.717) is 6.04 Å². The van der Waals surface area contributed by atoms with Gasteiger partial charge in [-0.2, -0.15) is 0 Å². The van der Waals surface area contributed by atoms with Gasteiger partial charge in [-0.3, -0.25) is 9.69 Å². The normalized spacial score (nSPS) is 15.2. The van der Waals surface area contributed by atoms with Crippen LogP contribution >= 0.6 is 0 Å². The van der Waals surface area contributed by atoms with Crippen LogP contribution in [0.2, 0.25) is 0 Å². The molecule has 0 aromatic heterocycles. The van der Waals surface area contributed by atoms with Gasteiger partial charge in [0.2, 0.25) is 0 Å². The summed E-state index contributed by atoms with van der Waals surface area (Å²) in [5, 5.41) is 0. The van der Waals surface area contributed by atoms with Gasteiger partial charge >= 0.3 is 0 Å². The Bertz CT molecular complexity index is 485. The number of benzene rings is 1. The summed E-state index contributed by atoms with van der Waals surface area (Å²) < 4.78 is 0. The average Bonchev–Trinajstić information content (AvgIpc) is 2.37. The lowest BCUT2D eigenvalue weighted by Gasteiger charge is -2.38. The summed E-state index contributed by atoms with van der Waals surface area (Å²) in [5.74, 6) is 0.201. The van der Waals surface area contributed by atoms with Gasteiger partial charge in [-0.25, -0.2) is 0 Å². The van der Waals surface area contributed by atoms with Crippen molar-refractivity contribution >= 4 is 5.78 Å². The Labute approximate surface area is 124 Å². The molecule has 112 valence electrons. The highest BCUT2D eigenvalue weighted by molar-refractivity contribution is 6.00. The van der Waals surface area contributed by atoms with E-state index in [0.717, 1.165) is 5.56 Å². The molecule has 0 aliphatic rings. The van der Waals surface area contributed by atoms with E-state index in [4.69, 9.17) is 0 Å². The maximum atomic E-state index is 12.6. The predicted octanol–water partition coefficient (Wildman–Crippen LogP) is 4.24. The van der Waals surface area contributed by atoms with Crippen LogP contribution in [0.3, 0.4) is 0 Å². The third kappa shape index (κ3) is 3.69. The summed E-state index contributed by atoms with van der Waals surface area (Å²) in [6.07, 6.45) is 0. The lowest BCUT2D eigenvalue weighted by Crippen LogP contribution is -2.47. The van der Waals surface area contributed by atoms with E-state index in [1.54, 1.807) is 0 Å². The van der Waals surface area contributed by atoms with Crippen LogP contribution < -0.4 is 0 Å². The molecule has 0 amide bonds. The second-order valence-corrected chi connectivity index (χ2v) is 7.05. The first kappa shape index (κ1) is 16.9. The van der Waals surface area contributed by atoms with E-state index in [-0.39, 0.29) is 17.2 Å². The monoisotopic (exact) mass is 275 g/mol. The number of likely N-dealkylation sites (N-methyl/N-ethyl adjacent to an activating group) is 1. The van der Waals surface area contributed by atoms with Crippen molar-refractivity contribution in [3.8, 4) is 0 Å². The lowest BCUT2D eigenvalue weighted by atomic mass is 9.86. The highest BCUT2D eigenvalue weighted by Crippen LogP contribution is 2.25. The molecule has 0 N–H and O–H groups in total. The quantitative estimate of drug-likeness (QED) is 0.766. The van der Waals surface area contributed by atoms with Crippen molar-refractivity contribution in [3.63, 3.8) is 0 Å². The standard InChI is InChI=1S/C18H29NO/c1-12-9-10-16(11-13(12)2)17(20)14(3)19(8)15(4)18(5,6)7/h9-11,14-15H,1-8H3. The molecule has 0 saturated heterocycles. The number of ketones is 1. The summed E-state index contributed by atoms with van der Waals surface area (Å²) in [5.41, 5.74) is 3.38. The lowest BCUT2D eigenvalue weighted by molar-refractivity contribution is 0.0695. The number of carbonyl (C=O) groups excluding carboxylic acids is 1. The molecule has 1 aromatic carbocycles. The number of rotatable bonds is 4. The Morgan fingerprint density at radius 3 is 2.10 bits per heavy atom. The SMILES string of the molecule is Cc1ccc(C(=O)C(C)N(C)C(C)C(C)(C)C)cc1C. The van der Waals surface area contributed by atoms with Gasteiger partial charge in [0.25, 0.3) is 0 Å². The Morgan fingerprint density at radius 1 is 1.10 bits per heavy atom. The van der Waals surface area contributed by atoms with Gasteiger partial charge in [0, 0.05) is 11.6 Å². The first-order valence-electron chi connectivity index (χ1n) is 7.39. The van der Waals surface area contributed by atoms with Crippen molar-refractivity contribution in [2.45, 2.75) is 60.5 Å². The van der Waals surface area contributed by atoms with Crippen molar-refractivity contribution in [2.75, 3.05) is 7.05 Å². The second-order valence-electron chi connectivity index (χ2n) is 7.05. The Morgan fingerprint density at radius 2 is 1.65 bits per heavy atom. The molecule has 2 heteroatoms. The van der Waals surface area contributed by atoms with Gasteiger partial charge < -0.3 is 0 Å². The molecule has 20 heavy (non-hydrogen) atoms. The molecule has 2 atom stereocenters. The van der Waals surface area contributed by atoms with Gasteiger partial charge in [0.05, 0.1) is 6.04 Å². The van der Waals surface area contributed by atoms with Crippen LogP contribution in [0.4, 0.5) is 0 Å². The van der Waals surface area contributed by atoms with E-state index in [1.807, 2.05) is 32.2 Å². The molecule has 0 fully saturated rings. The number of Topliss-reactive ketones (excluding diaryl/α,β-unsaturated/α-hetero) is 1. The zero-order valence-corrected chi connectivity index (χ0v) is 14.2. The maximum Gasteiger partial charge on any atom is 0.179 e. The average molecular weight is 275 g/mol. The van der Waals surface area contributed by atoms with Crippen LogP contribution in [-0.4, -0.2) is 29.8 Å². The smallest absolute Gasteiger partial charge is 0.179 e. The second kappa shape index (κ2) is 6.09. The molecule has 0 aliphatic carbocycles. The Kier molecular flexibility index (Phi) is 5.15. The minimum Gasteiger partial charge on any atom is -0.293 e. The van der Waals surface area contributed by atoms with Crippen LogP contribution in [0.15, 0.2) is 18.2 Å². The van der Waals surface area contributed by atoms with Crippen molar-refractivity contribution in [3.05, 3.63) is 34.9 Å². The molecular weight excluding hydrogens is 246 g/mol. The van der Waals surface area contributed by atoms with Gasteiger partial charge in [-0.1, -0.05) is 32.9 Å². The third-order valence-electron chi connectivity index (χ3n) is 4.65. The van der Waals surface area contributed by atoms with Gasteiger partial charge in [0.15, 0.2) is 5.78 Å². The van der Waals surface area contributed by atoms with Crippen LogP contribution in [0.25, 0.3) is 0 Å². The summed E-state index contributed by atoms with van der Waals surface area (Å²) in [6.45, 7) is 14.9. The summed E-state index contributed by atoms with van der Waals surface area (Å²) >= 11 is 0. The van der Waals surface area contributed by atoms with Crippen LogP contribution in [0.1, 0.15) is 56.1 Å². The number of hydrogen-bond acceptors (Lipinski definition) is 2. The number of hydrogen-bond donors (Lipinski definition) is 0. The molecule has 0 saturated carbocycles. The number of nitrogens with zero attached hydrogens (tertiary/aromatic N) is 1. The maximum absolute atomic E-state index is 12.6. The number of aryl methyl sites for hydroxylation is 2. The van der Waals surface area contributed by atoms with E-state index in [1.165, 1.54) is 11.1 Å². The fourth-order valence-electron chi connectivity index (χ4n) is 2.27. The van der Waals surface area contributed by atoms with E-state index < -0.39 is 0 Å². The van der Waals surface area contributed by atoms with Crippen molar-refractivity contribution in [2.24, 2.45) is 5.41 Å². The molecule has 0 spiro atoms. The summed E-state index contributed by atoms with van der Waals surface area (Å²) in [6, 6.07) is 6.21.